The summed E-state index contributed by atoms with van der Waals surface area (Å²) >= 11 is 2.32. The van der Waals surface area contributed by atoms with Gasteiger partial charge in [0.15, 0.2) is 5.60 Å². The standard InChI is InChI=1S/C41H45IN4O5Si/c1-27-39(52(4,5)33-17-14-31(49-2)15-18-33)38(20-21-45-25-36(43-44-45)34(26-47)29-11-7-6-8-12-29)51-41(27)35-23-32(50-3)16-19-37(35)46(40(41)48)24-28-10-9-13-30(42)22-28/h6-19,22-23,25,27,34,38-39,47H,20-21,24,26H2,1-5H3/t27-,34?,38+,39-,41+/m1/s1. The van der Waals surface area contributed by atoms with Gasteiger partial charge in [0.1, 0.15) is 11.5 Å². The highest BCUT2D eigenvalue weighted by molar-refractivity contribution is 14.1. The predicted molar refractivity (Wildman–Crippen MR) is 213 cm³/mol. The molecule has 52 heavy (non-hydrogen) atoms. The summed E-state index contributed by atoms with van der Waals surface area (Å²) in [7, 11) is 0.999. The zero-order chi connectivity index (χ0) is 36.6. The van der Waals surface area contributed by atoms with E-state index < -0.39 is 13.7 Å². The number of aliphatic hydroxyl groups is 1. The van der Waals surface area contributed by atoms with Gasteiger partial charge in [0.05, 0.1) is 58.8 Å². The van der Waals surface area contributed by atoms with E-state index in [0.29, 0.717) is 31.0 Å². The number of rotatable bonds is 12. The van der Waals surface area contributed by atoms with E-state index in [4.69, 9.17) is 14.2 Å². The molecule has 2 aliphatic heterocycles. The first-order valence-corrected chi connectivity index (χ1v) is 21.9. The van der Waals surface area contributed by atoms with Gasteiger partial charge in [-0.25, -0.2) is 0 Å². The molecule has 3 heterocycles. The van der Waals surface area contributed by atoms with Gasteiger partial charge in [-0.3, -0.25) is 9.48 Å². The van der Waals surface area contributed by atoms with Crippen LogP contribution in [0.2, 0.25) is 18.6 Å². The van der Waals surface area contributed by atoms with Crippen LogP contribution in [0.3, 0.4) is 0 Å². The Balaban J connectivity index is 1.27. The SMILES string of the molecule is COc1ccc([Si](C)(C)[C@H]2[C@H](CCn3cc(C(CO)c4ccccc4)nn3)O[C@@]3(C(=O)N(Cc4cccc(I)c4)c4ccc(OC)cc43)[C@@H]2C)cc1. The maximum atomic E-state index is 15.2. The lowest BCUT2D eigenvalue weighted by atomic mass is 9.82. The van der Waals surface area contributed by atoms with Crippen LogP contribution in [0.1, 0.15) is 41.6 Å². The topological polar surface area (TPSA) is 98.9 Å². The fourth-order valence-electron chi connectivity index (χ4n) is 8.56. The van der Waals surface area contributed by atoms with Crippen LogP contribution in [-0.4, -0.2) is 61.0 Å². The smallest absolute Gasteiger partial charge is 0.264 e. The summed E-state index contributed by atoms with van der Waals surface area (Å²) in [6.07, 6.45) is 2.30. The van der Waals surface area contributed by atoms with E-state index >= 15 is 4.79 Å². The van der Waals surface area contributed by atoms with Crippen LogP contribution in [0.25, 0.3) is 0 Å². The van der Waals surface area contributed by atoms with Crippen molar-refractivity contribution in [2.75, 3.05) is 25.7 Å². The normalized spacial score (nSPS) is 21.8. The molecule has 270 valence electrons. The molecule has 1 N–H and O–H groups in total. The summed E-state index contributed by atoms with van der Waals surface area (Å²) in [5, 5.41) is 20.5. The second kappa shape index (κ2) is 14.8. The molecule has 0 aliphatic carbocycles. The van der Waals surface area contributed by atoms with Gasteiger partial charge < -0.3 is 24.2 Å². The zero-order valence-corrected chi connectivity index (χ0v) is 33.4. The van der Waals surface area contributed by atoms with Crippen molar-refractivity contribution >= 4 is 47.4 Å². The Bertz CT molecular complexity index is 2040. The van der Waals surface area contributed by atoms with Gasteiger partial charge in [0, 0.05) is 27.8 Å². The number of hydrogen-bond donors (Lipinski definition) is 1. The lowest BCUT2D eigenvalue weighted by Crippen LogP contribution is -2.51. The Morgan fingerprint density at radius 3 is 2.38 bits per heavy atom. The van der Waals surface area contributed by atoms with E-state index in [0.717, 1.165) is 31.7 Å². The van der Waals surface area contributed by atoms with Gasteiger partial charge in [0.25, 0.3) is 5.91 Å². The lowest BCUT2D eigenvalue weighted by molar-refractivity contribution is -0.146. The number of amides is 1. The number of carbonyl (C=O) groups excluding carboxylic acids is 1. The Kier molecular flexibility index (Phi) is 10.3. The first kappa shape index (κ1) is 36.3. The number of methoxy groups -OCH3 is 2. The first-order chi connectivity index (χ1) is 25.1. The number of ether oxygens (including phenoxy) is 3. The number of fused-ring (bicyclic) bond motifs is 2. The number of aliphatic hydroxyl groups excluding tert-OH is 1. The lowest BCUT2D eigenvalue weighted by Gasteiger charge is -2.37. The number of carbonyl (C=O) groups is 1. The highest BCUT2D eigenvalue weighted by atomic mass is 127. The fraction of sp³-hybridized carbons (Fsp3) is 0.341. The molecule has 9 nitrogen and oxygen atoms in total. The third-order valence-electron chi connectivity index (χ3n) is 11.2. The Morgan fingerprint density at radius 1 is 0.962 bits per heavy atom. The largest absolute Gasteiger partial charge is 0.497 e. The average molecular weight is 829 g/mol. The molecule has 1 saturated heterocycles. The van der Waals surface area contributed by atoms with E-state index in [1.165, 1.54) is 5.19 Å². The van der Waals surface area contributed by atoms with Gasteiger partial charge in [-0.2, -0.15) is 0 Å². The summed E-state index contributed by atoms with van der Waals surface area (Å²) in [5.41, 5.74) is 3.36. The van der Waals surface area contributed by atoms with Crippen LogP contribution in [0.5, 0.6) is 11.5 Å². The fourth-order valence-corrected chi connectivity index (χ4v) is 13.2. The van der Waals surface area contributed by atoms with Crippen molar-refractivity contribution in [3.63, 3.8) is 0 Å². The quantitative estimate of drug-likeness (QED) is 0.108. The van der Waals surface area contributed by atoms with Gasteiger partial charge in [-0.1, -0.05) is 85.0 Å². The zero-order valence-electron chi connectivity index (χ0n) is 30.2. The second-order valence-corrected chi connectivity index (χ2v) is 20.3. The Morgan fingerprint density at radius 2 is 1.69 bits per heavy atom. The van der Waals surface area contributed by atoms with Crippen molar-refractivity contribution in [1.82, 2.24) is 15.0 Å². The van der Waals surface area contributed by atoms with E-state index in [-0.39, 0.29) is 36.0 Å². The summed E-state index contributed by atoms with van der Waals surface area (Å²) in [6.45, 7) is 7.90. The molecule has 0 radical (unpaired) electrons. The van der Waals surface area contributed by atoms with Crippen LogP contribution < -0.4 is 19.6 Å². The second-order valence-electron chi connectivity index (χ2n) is 14.4. The Hall–Kier alpha value is -4.04. The predicted octanol–water partition coefficient (Wildman–Crippen LogP) is 6.88. The minimum absolute atomic E-state index is 0.0363. The summed E-state index contributed by atoms with van der Waals surface area (Å²) in [4.78, 5) is 17.1. The molecule has 5 aromatic rings. The molecule has 0 saturated carbocycles. The highest BCUT2D eigenvalue weighted by Gasteiger charge is 2.66. The minimum Gasteiger partial charge on any atom is -0.497 e. The molecule has 0 bridgehead atoms. The molecular formula is C41H45IN4O5Si. The number of halogens is 1. The third kappa shape index (κ3) is 6.45. The van der Waals surface area contributed by atoms with Crippen molar-refractivity contribution in [2.45, 2.75) is 62.7 Å². The third-order valence-corrected chi connectivity index (χ3v) is 16.2. The number of benzene rings is 4. The molecule has 1 unspecified atom stereocenters. The molecule has 4 aromatic carbocycles. The first-order valence-electron chi connectivity index (χ1n) is 17.7. The molecule has 1 aromatic heterocycles. The maximum absolute atomic E-state index is 15.2. The highest BCUT2D eigenvalue weighted by Crippen LogP contribution is 2.60. The molecule has 2 aliphatic rings. The number of nitrogens with zero attached hydrogens (tertiary/aromatic N) is 4. The van der Waals surface area contributed by atoms with E-state index in [9.17, 15) is 5.11 Å². The Labute approximate surface area is 320 Å². The molecule has 5 atom stereocenters. The van der Waals surface area contributed by atoms with Crippen LogP contribution in [0.4, 0.5) is 5.69 Å². The maximum Gasteiger partial charge on any atom is 0.264 e. The molecule has 11 heteroatoms. The summed E-state index contributed by atoms with van der Waals surface area (Å²) < 4.78 is 21.6. The van der Waals surface area contributed by atoms with Crippen LogP contribution in [0.15, 0.2) is 103 Å². The van der Waals surface area contributed by atoms with Gasteiger partial charge in [-0.05, 0) is 88.1 Å². The summed E-state index contributed by atoms with van der Waals surface area (Å²) in [6, 6.07) is 32.5. The van der Waals surface area contributed by atoms with Gasteiger partial charge in [0.2, 0.25) is 0 Å². The monoisotopic (exact) mass is 828 g/mol. The van der Waals surface area contributed by atoms with Crippen molar-refractivity contribution < 1.29 is 24.1 Å². The number of aromatic nitrogens is 3. The van der Waals surface area contributed by atoms with E-state index in [2.05, 4.69) is 83.3 Å². The minimum atomic E-state index is -2.34. The van der Waals surface area contributed by atoms with Crippen molar-refractivity contribution in [2.24, 2.45) is 5.92 Å². The average Bonchev–Trinajstić information content (AvgIpc) is 3.81. The van der Waals surface area contributed by atoms with E-state index in [1.807, 2.05) is 82.5 Å². The summed E-state index contributed by atoms with van der Waals surface area (Å²) in [5.74, 6) is 1.05. The molecule has 1 amide bonds. The molecule has 1 fully saturated rings. The van der Waals surface area contributed by atoms with Crippen LogP contribution in [0, 0.1) is 9.49 Å². The number of aryl methyl sites for hydroxylation is 1. The van der Waals surface area contributed by atoms with Gasteiger partial charge >= 0.3 is 0 Å². The molecule has 7 rings (SSSR count). The van der Waals surface area contributed by atoms with E-state index in [1.54, 1.807) is 14.2 Å². The van der Waals surface area contributed by atoms with Crippen molar-refractivity contribution in [3.8, 4) is 11.5 Å². The van der Waals surface area contributed by atoms with Crippen molar-refractivity contribution in [1.29, 1.82) is 0 Å². The van der Waals surface area contributed by atoms with Crippen LogP contribution >= 0.6 is 22.6 Å². The van der Waals surface area contributed by atoms with Crippen LogP contribution in [-0.2, 0) is 28.2 Å². The number of anilines is 1. The molecular weight excluding hydrogens is 783 g/mol. The van der Waals surface area contributed by atoms with Crippen molar-refractivity contribution in [3.05, 3.63) is 129 Å². The van der Waals surface area contributed by atoms with Gasteiger partial charge in [-0.15, -0.1) is 5.10 Å². The molecule has 1 spiro atoms. The number of hydrogen-bond acceptors (Lipinski definition) is 7.